The van der Waals surface area contributed by atoms with E-state index in [0.29, 0.717) is 43.9 Å². The van der Waals surface area contributed by atoms with Gasteiger partial charge in [-0.05, 0) is 167 Å². The van der Waals surface area contributed by atoms with Gasteiger partial charge in [0.15, 0.2) is 17.3 Å². The minimum atomic E-state index is -1.15. The quantitative estimate of drug-likeness (QED) is 0.184. The largest absolute Gasteiger partial charge is 0.493 e. The first-order valence-electron chi connectivity index (χ1n) is 22.6. The molecule has 6 saturated carbocycles. The highest BCUT2D eigenvalue weighted by molar-refractivity contribution is 5.99. The number of allylic oxidation sites excluding steroid dienone is 2. The average Bonchev–Trinajstić information content (AvgIpc) is 3.44. The van der Waals surface area contributed by atoms with E-state index in [1.54, 1.807) is 14.2 Å². The first kappa shape index (κ1) is 40.6. The Morgan fingerprint density at radius 3 is 2.23 bits per heavy atom. The Morgan fingerprint density at radius 2 is 1.54 bits per heavy atom. The number of benzene rings is 2. The Kier molecular flexibility index (Phi) is 11.7. The van der Waals surface area contributed by atoms with Crippen molar-refractivity contribution in [2.75, 3.05) is 27.3 Å². The van der Waals surface area contributed by atoms with Crippen LogP contribution < -0.4 is 9.47 Å². The third-order valence-electron chi connectivity index (χ3n) is 16.2. The molecule has 0 saturated heterocycles. The Labute approximate surface area is 342 Å². The summed E-state index contributed by atoms with van der Waals surface area (Å²) in [4.78, 5) is 31.6. The van der Waals surface area contributed by atoms with Crippen LogP contribution in [0.5, 0.6) is 11.5 Å². The van der Waals surface area contributed by atoms with E-state index in [2.05, 4.69) is 43.0 Å². The van der Waals surface area contributed by atoms with E-state index in [9.17, 15) is 19.8 Å². The van der Waals surface area contributed by atoms with E-state index in [1.807, 2.05) is 18.2 Å². The summed E-state index contributed by atoms with van der Waals surface area (Å²) < 4.78 is 11.2. The van der Waals surface area contributed by atoms with Crippen LogP contribution in [0.2, 0.25) is 0 Å². The molecule has 7 nitrogen and oxygen atoms in total. The van der Waals surface area contributed by atoms with E-state index in [4.69, 9.17) is 9.47 Å². The van der Waals surface area contributed by atoms with Crippen molar-refractivity contribution in [2.45, 2.75) is 153 Å². The van der Waals surface area contributed by atoms with Crippen LogP contribution in [0, 0.1) is 34.5 Å². The van der Waals surface area contributed by atoms with Gasteiger partial charge in [-0.15, -0.1) is 0 Å². The summed E-state index contributed by atoms with van der Waals surface area (Å²) in [6.07, 6.45) is 19.8. The maximum absolute atomic E-state index is 14.9. The highest BCUT2D eigenvalue weighted by atomic mass is 16.5. The number of rotatable bonds is 10. The fourth-order valence-corrected chi connectivity index (χ4v) is 13.5. The number of hydrogen-bond acceptors (Lipinski definition) is 6. The number of Topliss-reactive ketones (excluding diaryl/α,β-unsaturated/α-hetero) is 1. The van der Waals surface area contributed by atoms with Gasteiger partial charge in [0.05, 0.1) is 32.3 Å². The molecule has 6 bridgehead atoms. The molecule has 2 aromatic rings. The summed E-state index contributed by atoms with van der Waals surface area (Å²) in [5, 5.41) is 24.5. The molecule has 6 fully saturated rings. The molecule has 4 atom stereocenters. The lowest BCUT2D eigenvalue weighted by molar-refractivity contribution is -0.148. The predicted molar refractivity (Wildman–Crippen MR) is 225 cm³/mol. The molecule has 0 radical (unpaired) electrons. The highest BCUT2D eigenvalue weighted by Crippen LogP contribution is 2.62. The fraction of sp³-hybridized carbons (Fsp3) is 0.680. The van der Waals surface area contributed by atoms with Crippen molar-refractivity contribution < 1.29 is 29.3 Å². The standard InChI is InChI=1S/C50H69NO6/c1-33-9-8-19-48(2)43(41-16-13-34(24-40(52)15-12-33)25-42(41)47(54)39-10-6-5-7-11-39)18-20-50(48,55)32-51(31-49-28-36-21-37(29-49)23-38(22-36)30-49)46(53)27-35-14-17-44(56-3)45(26-35)57-4/h9,13-14,16-17,25-26,36-40,43,52,55H,5-8,10-12,15,18-24,27-32H2,1-4H3. The first-order chi connectivity index (χ1) is 27.4. The van der Waals surface area contributed by atoms with Gasteiger partial charge in [0.25, 0.3) is 0 Å². The molecular weight excluding hydrogens is 711 g/mol. The second kappa shape index (κ2) is 16.5. The van der Waals surface area contributed by atoms with Gasteiger partial charge in [-0.2, -0.15) is 0 Å². The second-order valence-electron chi connectivity index (χ2n) is 20.2. The van der Waals surface area contributed by atoms with Crippen molar-refractivity contribution in [1.82, 2.24) is 4.90 Å². The summed E-state index contributed by atoms with van der Waals surface area (Å²) in [5.41, 5.74) is 3.41. The number of amides is 1. The number of hydrogen-bond donors (Lipinski definition) is 2. The lowest BCUT2D eigenvalue weighted by atomic mass is 9.49. The molecule has 310 valence electrons. The molecule has 2 N–H and O–H groups in total. The maximum atomic E-state index is 14.9. The number of aliphatic hydroxyl groups excluding tert-OH is 1. The monoisotopic (exact) mass is 780 g/mol. The normalized spacial score (nSPS) is 34.0. The van der Waals surface area contributed by atoms with Crippen molar-refractivity contribution >= 4 is 11.7 Å². The number of fused-ring (bicyclic) bond motifs is 8. The van der Waals surface area contributed by atoms with Crippen molar-refractivity contribution in [2.24, 2.45) is 34.5 Å². The molecule has 10 rings (SSSR count). The zero-order valence-electron chi connectivity index (χ0n) is 35.3. The second-order valence-corrected chi connectivity index (χ2v) is 20.2. The molecule has 8 aliphatic carbocycles. The Hall–Kier alpha value is -3.16. The van der Waals surface area contributed by atoms with E-state index in [0.717, 1.165) is 91.4 Å². The van der Waals surface area contributed by atoms with Crippen LogP contribution in [0.1, 0.15) is 156 Å². The highest BCUT2D eigenvalue weighted by Gasteiger charge is 2.59. The molecule has 0 aromatic heterocycles. The van der Waals surface area contributed by atoms with Gasteiger partial charge in [0, 0.05) is 30.0 Å². The summed E-state index contributed by atoms with van der Waals surface area (Å²) in [6, 6.07) is 12.2. The van der Waals surface area contributed by atoms with Crippen LogP contribution in [0.3, 0.4) is 0 Å². The Balaban J connectivity index is 1.16. The van der Waals surface area contributed by atoms with E-state index in [-0.39, 0.29) is 35.4 Å². The summed E-state index contributed by atoms with van der Waals surface area (Å²) >= 11 is 0. The van der Waals surface area contributed by atoms with Gasteiger partial charge >= 0.3 is 0 Å². The van der Waals surface area contributed by atoms with Gasteiger partial charge in [-0.1, -0.05) is 56.0 Å². The van der Waals surface area contributed by atoms with Gasteiger partial charge in [0.2, 0.25) is 5.91 Å². The molecule has 0 heterocycles. The number of aliphatic hydroxyl groups is 2. The number of nitrogens with zero attached hydrogens (tertiary/aromatic N) is 1. The average molecular weight is 780 g/mol. The Morgan fingerprint density at radius 1 is 0.842 bits per heavy atom. The van der Waals surface area contributed by atoms with Gasteiger partial charge in [0.1, 0.15) is 0 Å². The molecule has 4 unspecified atom stereocenters. The van der Waals surface area contributed by atoms with Crippen LogP contribution in [-0.2, 0) is 17.6 Å². The molecule has 0 aliphatic heterocycles. The van der Waals surface area contributed by atoms with Crippen LogP contribution in [0.15, 0.2) is 48.0 Å². The topological polar surface area (TPSA) is 96.3 Å². The minimum Gasteiger partial charge on any atom is -0.493 e. The molecule has 57 heavy (non-hydrogen) atoms. The van der Waals surface area contributed by atoms with Crippen LogP contribution in [0.4, 0.5) is 0 Å². The SMILES string of the molecule is COc1ccc(CC(=O)N(CC23CC4CC(CC(C4)C2)C3)CC2(O)CCC3c4ccc(cc4C(=O)C4CCCCC4)CC(O)CCC(C)=CCCC32C)cc1OC. The van der Waals surface area contributed by atoms with E-state index in [1.165, 1.54) is 50.5 Å². The van der Waals surface area contributed by atoms with Gasteiger partial charge in [-0.3, -0.25) is 9.59 Å². The number of methoxy groups -OCH3 is 2. The zero-order chi connectivity index (χ0) is 40.0. The molecular formula is C50H69NO6. The van der Waals surface area contributed by atoms with Crippen LogP contribution in [0.25, 0.3) is 0 Å². The third kappa shape index (κ3) is 8.23. The number of ketones is 1. The van der Waals surface area contributed by atoms with Crippen LogP contribution >= 0.6 is 0 Å². The van der Waals surface area contributed by atoms with E-state index < -0.39 is 17.1 Å². The lowest BCUT2D eigenvalue weighted by Crippen LogP contribution is -2.58. The van der Waals surface area contributed by atoms with Gasteiger partial charge < -0.3 is 24.6 Å². The number of carbonyl (C=O) groups excluding carboxylic acids is 2. The van der Waals surface area contributed by atoms with Crippen LogP contribution in [-0.4, -0.2) is 65.8 Å². The molecule has 1 amide bonds. The predicted octanol–water partition coefficient (Wildman–Crippen LogP) is 9.79. The molecule has 8 aliphatic rings. The summed E-state index contributed by atoms with van der Waals surface area (Å²) in [7, 11) is 3.26. The van der Waals surface area contributed by atoms with Crippen molar-refractivity contribution in [3.8, 4) is 11.5 Å². The minimum absolute atomic E-state index is 0.0265. The molecule has 7 heteroatoms. The maximum Gasteiger partial charge on any atom is 0.227 e. The van der Waals surface area contributed by atoms with Crippen molar-refractivity contribution in [3.05, 3.63) is 70.3 Å². The summed E-state index contributed by atoms with van der Waals surface area (Å²) in [5.74, 6) is 3.82. The lowest BCUT2D eigenvalue weighted by Gasteiger charge is -2.58. The molecule has 0 spiro atoms. The summed E-state index contributed by atoms with van der Waals surface area (Å²) in [6.45, 7) is 5.43. The van der Waals surface area contributed by atoms with E-state index >= 15 is 0 Å². The Bertz CT molecular complexity index is 1790. The zero-order valence-corrected chi connectivity index (χ0v) is 35.3. The number of ether oxygens (including phenoxy) is 2. The smallest absolute Gasteiger partial charge is 0.227 e. The third-order valence-corrected chi connectivity index (χ3v) is 16.2. The molecule has 2 aromatic carbocycles. The number of carbonyl (C=O) groups is 2. The van der Waals surface area contributed by atoms with Gasteiger partial charge in [-0.25, -0.2) is 0 Å². The fourth-order valence-electron chi connectivity index (χ4n) is 13.5. The van der Waals surface area contributed by atoms with Crippen molar-refractivity contribution in [3.63, 3.8) is 0 Å². The van der Waals surface area contributed by atoms with Crippen molar-refractivity contribution in [1.29, 1.82) is 0 Å². The first-order valence-corrected chi connectivity index (χ1v) is 22.6.